The molecule has 0 radical (unpaired) electrons. The lowest BCUT2D eigenvalue weighted by Gasteiger charge is -2.58. The molecule has 0 aromatic carbocycles. The van der Waals surface area contributed by atoms with E-state index < -0.39 is 0 Å². The fourth-order valence-corrected chi connectivity index (χ4v) is 5.09. The number of hydrogen-bond donors (Lipinski definition) is 2. The highest BCUT2D eigenvalue weighted by Crippen LogP contribution is 2.59. The molecule has 4 unspecified atom stereocenters. The molecule has 4 saturated carbocycles. The average molecular weight is 353 g/mol. The van der Waals surface area contributed by atoms with Gasteiger partial charge in [-0.25, -0.2) is 0 Å². The molecule has 4 aliphatic rings. The summed E-state index contributed by atoms with van der Waals surface area (Å²) in [4.78, 5) is 10.9. The summed E-state index contributed by atoms with van der Waals surface area (Å²) in [6.07, 6.45) is 14.6. The van der Waals surface area contributed by atoms with Gasteiger partial charge in [0.2, 0.25) is 0 Å². The molecule has 4 rings (SSSR count). The van der Waals surface area contributed by atoms with Crippen LogP contribution in [-0.4, -0.2) is 18.4 Å². The summed E-state index contributed by atoms with van der Waals surface area (Å²) in [5.74, 6) is 2.96. The third-order valence-corrected chi connectivity index (χ3v) is 7.13. The molecule has 4 atom stereocenters. The summed E-state index contributed by atoms with van der Waals surface area (Å²) >= 11 is 0. The minimum Gasteiger partial charge on any atom is -0.330 e. The van der Waals surface area contributed by atoms with E-state index in [2.05, 4.69) is 6.92 Å². The monoisotopic (exact) mass is 352 g/mol. The first-order chi connectivity index (χ1) is 12.0. The molecular formula is C22H44N2O. The normalized spacial score (nSPS) is 32.2. The number of fused-ring (bicyclic) bond motifs is 2. The van der Waals surface area contributed by atoms with Crippen molar-refractivity contribution in [2.75, 3.05) is 6.54 Å². The van der Waals surface area contributed by atoms with Crippen molar-refractivity contribution in [3.63, 3.8) is 0 Å². The molecular weight excluding hydrogens is 308 g/mol. The molecule has 3 heteroatoms. The van der Waals surface area contributed by atoms with Crippen molar-refractivity contribution in [3.8, 4) is 0 Å². The fraction of sp³-hybridized carbons (Fsp3) is 0.955. The first kappa shape index (κ1) is 22.6. The van der Waals surface area contributed by atoms with Gasteiger partial charge in [-0.2, -0.15) is 0 Å². The van der Waals surface area contributed by atoms with E-state index in [1.165, 1.54) is 57.8 Å². The molecule has 0 saturated heterocycles. The standard InChI is InChI=1S/C11H21NO.C9H17N.C2H6/c1-9(13)11(12)8-7-10-5-3-2-4-6-10;1-7-8-3-2-4-9(7,5-8)6-10;1-2/h10-11H,2-8,12H2,1H3;7-8H,2-6,10H2,1H3;1-2H3. The number of carbonyl (C=O) groups excluding carboxylic acids is 1. The van der Waals surface area contributed by atoms with Crippen LogP contribution in [0.25, 0.3) is 0 Å². The second-order valence-electron chi connectivity index (χ2n) is 8.51. The maximum absolute atomic E-state index is 10.9. The van der Waals surface area contributed by atoms with Crippen LogP contribution in [-0.2, 0) is 4.79 Å². The summed E-state index contributed by atoms with van der Waals surface area (Å²) in [6.45, 7) is 8.91. The van der Waals surface area contributed by atoms with E-state index in [1.54, 1.807) is 6.92 Å². The smallest absolute Gasteiger partial charge is 0.146 e. The Kier molecular flexibility index (Phi) is 10.3. The lowest BCUT2D eigenvalue weighted by atomic mass is 9.48. The molecule has 3 nitrogen and oxygen atoms in total. The van der Waals surface area contributed by atoms with Gasteiger partial charge in [-0.1, -0.05) is 65.7 Å². The van der Waals surface area contributed by atoms with E-state index in [1.807, 2.05) is 13.8 Å². The Morgan fingerprint density at radius 1 is 1.12 bits per heavy atom. The van der Waals surface area contributed by atoms with Gasteiger partial charge in [-0.3, -0.25) is 4.79 Å². The number of Topliss-reactive ketones (excluding diaryl/α,β-unsaturated/α-hetero) is 1. The fourth-order valence-electron chi connectivity index (χ4n) is 5.09. The van der Waals surface area contributed by atoms with E-state index in [-0.39, 0.29) is 11.8 Å². The highest BCUT2D eigenvalue weighted by molar-refractivity contribution is 5.81. The van der Waals surface area contributed by atoms with E-state index in [0.717, 1.165) is 37.1 Å². The quantitative estimate of drug-likeness (QED) is 0.726. The molecule has 148 valence electrons. The van der Waals surface area contributed by atoms with Gasteiger partial charge < -0.3 is 11.5 Å². The van der Waals surface area contributed by atoms with Crippen LogP contribution in [0.5, 0.6) is 0 Å². The Labute approximate surface area is 156 Å². The summed E-state index contributed by atoms with van der Waals surface area (Å²) in [5.41, 5.74) is 12.1. The number of ketones is 1. The third kappa shape index (κ3) is 6.36. The summed E-state index contributed by atoms with van der Waals surface area (Å²) in [5, 5.41) is 0. The molecule has 4 fully saturated rings. The highest BCUT2D eigenvalue weighted by Gasteiger charge is 2.52. The van der Waals surface area contributed by atoms with Crippen LogP contribution >= 0.6 is 0 Å². The molecule has 0 heterocycles. The van der Waals surface area contributed by atoms with E-state index >= 15 is 0 Å². The van der Waals surface area contributed by atoms with Crippen LogP contribution in [0.4, 0.5) is 0 Å². The molecule has 2 bridgehead atoms. The summed E-state index contributed by atoms with van der Waals surface area (Å²) in [7, 11) is 0. The highest BCUT2D eigenvalue weighted by atomic mass is 16.1. The number of carbonyl (C=O) groups is 1. The van der Waals surface area contributed by atoms with Crippen molar-refractivity contribution >= 4 is 5.78 Å². The topological polar surface area (TPSA) is 69.1 Å². The van der Waals surface area contributed by atoms with Crippen LogP contribution in [0.3, 0.4) is 0 Å². The van der Waals surface area contributed by atoms with Crippen molar-refractivity contribution < 1.29 is 4.79 Å². The van der Waals surface area contributed by atoms with Gasteiger partial charge in [0.1, 0.15) is 5.78 Å². The zero-order chi connectivity index (χ0) is 18.9. The first-order valence-corrected chi connectivity index (χ1v) is 10.9. The van der Waals surface area contributed by atoms with Crippen molar-refractivity contribution in [2.24, 2.45) is 34.6 Å². The van der Waals surface area contributed by atoms with Gasteiger partial charge in [0.15, 0.2) is 0 Å². The van der Waals surface area contributed by atoms with Crippen molar-refractivity contribution in [1.82, 2.24) is 0 Å². The SMILES string of the molecule is CC.CC(=O)C(N)CCC1CCCCC1.CC1C2CCCC1(CN)C2. The van der Waals surface area contributed by atoms with Crippen molar-refractivity contribution in [3.05, 3.63) is 0 Å². The first-order valence-electron chi connectivity index (χ1n) is 10.9. The Morgan fingerprint density at radius 2 is 1.76 bits per heavy atom. The van der Waals surface area contributed by atoms with Crippen LogP contribution in [0, 0.1) is 23.2 Å². The van der Waals surface area contributed by atoms with Crippen molar-refractivity contribution in [2.45, 2.75) is 104 Å². The minimum atomic E-state index is -0.207. The second-order valence-corrected chi connectivity index (χ2v) is 8.51. The molecule has 0 spiro atoms. The maximum atomic E-state index is 10.9. The molecule has 25 heavy (non-hydrogen) atoms. The predicted octanol–water partition coefficient (Wildman–Crippen LogP) is 5.06. The Hall–Kier alpha value is -0.410. The van der Waals surface area contributed by atoms with Crippen LogP contribution in [0.15, 0.2) is 0 Å². The molecule has 4 N–H and O–H groups in total. The van der Waals surface area contributed by atoms with Gasteiger partial charge in [-0.05, 0) is 62.3 Å². The van der Waals surface area contributed by atoms with Crippen LogP contribution < -0.4 is 11.5 Å². The van der Waals surface area contributed by atoms with Gasteiger partial charge in [0.05, 0.1) is 6.04 Å². The van der Waals surface area contributed by atoms with Crippen LogP contribution in [0.1, 0.15) is 98.3 Å². The van der Waals surface area contributed by atoms with Crippen molar-refractivity contribution in [1.29, 1.82) is 0 Å². The zero-order valence-electron chi connectivity index (χ0n) is 17.4. The van der Waals surface area contributed by atoms with E-state index in [0.29, 0.717) is 5.41 Å². The maximum Gasteiger partial charge on any atom is 0.146 e. The second kappa shape index (κ2) is 11.3. The van der Waals surface area contributed by atoms with Crippen LogP contribution in [0.2, 0.25) is 0 Å². The van der Waals surface area contributed by atoms with Gasteiger partial charge in [0, 0.05) is 0 Å². The average Bonchev–Trinajstić information content (AvgIpc) is 2.68. The molecule has 0 aromatic rings. The van der Waals surface area contributed by atoms with E-state index in [4.69, 9.17) is 11.5 Å². The Bertz CT molecular complexity index is 374. The third-order valence-electron chi connectivity index (χ3n) is 7.13. The number of hydrogen-bond acceptors (Lipinski definition) is 3. The van der Waals surface area contributed by atoms with E-state index in [9.17, 15) is 4.79 Å². The number of rotatable bonds is 5. The zero-order valence-corrected chi connectivity index (χ0v) is 17.4. The lowest BCUT2D eigenvalue weighted by Crippen LogP contribution is -2.53. The number of nitrogens with two attached hydrogens (primary N) is 2. The minimum absolute atomic E-state index is 0.135. The molecule has 0 amide bonds. The lowest BCUT2D eigenvalue weighted by molar-refractivity contribution is -0.118. The summed E-state index contributed by atoms with van der Waals surface area (Å²) in [6, 6.07) is -0.207. The Morgan fingerprint density at radius 3 is 2.20 bits per heavy atom. The van der Waals surface area contributed by atoms with Gasteiger partial charge in [0.25, 0.3) is 0 Å². The Balaban J connectivity index is 0.000000233. The molecule has 4 aliphatic carbocycles. The predicted molar refractivity (Wildman–Crippen MR) is 108 cm³/mol. The molecule has 0 aromatic heterocycles. The summed E-state index contributed by atoms with van der Waals surface area (Å²) < 4.78 is 0. The largest absolute Gasteiger partial charge is 0.330 e. The van der Waals surface area contributed by atoms with Gasteiger partial charge >= 0.3 is 0 Å². The van der Waals surface area contributed by atoms with Gasteiger partial charge in [-0.15, -0.1) is 0 Å². The molecule has 0 aliphatic heterocycles.